The van der Waals surface area contributed by atoms with Gasteiger partial charge < -0.3 is 14.7 Å². The average molecular weight is 209 g/mol. The van der Waals surface area contributed by atoms with E-state index in [1.165, 1.54) is 7.11 Å². The number of hydrogen-bond donors (Lipinski definition) is 1. The zero-order valence-electron chi connectivity index (χ0n) is 8.93. The molecule has 0 saturated carbocycles. The van der Waals surface area contributed by atoms with Gasteiger partial charge in [0.2, 0.25) is 0 Å². The normalized spacial score (nSPS) is 9.80. The number of esters is 1. The van der Waals surface area contributed by atoms with E-state index in [2.05, 4.69) is 4.74 Å². The molecular formula is C11H15NO3. The van der Waals surface area contributed by atoms with E-state index in [1.54, 1.807) is 12.1 Å². The molecule has 0 unspecified atom stereocenters. The second-order valence-electron chi connectivity index (χ2n) is 3.15. The monoisotopic (exact) mass is 209 g/mol. The fourth-order valence-corrected chi connectivity index (χ4v) is 1.36. The maximum atomic E-state index is 11.4. The van der Waals surface area contributed by atoms with E-state index in [-0.39, 0.29) is 12.6 Å². The Balaban J connectivity index is 3.00. The highest BCUT2D eigenvalue weighted by atomic mass is 16.5. The molecular weight excluding hydrogens is 194 g/mol. The number of hydrogen-bond acceptors (Lipinski definition) is 4. The van der Waals surface area contributed by atoms with Crippen molar-refractivity contribution < 1.29 is 14.6 Å². The van der Waals surface area contributed by atoms with E-state index in [9.17, 15) is 4.79 Å². The summed E-state index contributed by atoms with van der Waals surface area (Å²) in [5.41, 5.74) is 1.27. The van der Waals surface area contributed by atoms with Crippen LogP contribution in [0.25, 0.3) is 0 Å². The summed E-state index contributed by atoms with van der Waals surface area (Å²) < 4.78 is 4.68. The molecule has 0 spiro atoms. The van der Waals surface area contributed by atoms with Gasteiger partial charge in [-0.2, -0.15) is 0 Å². The molecule has 0 aliphatic heterocycles. The van der Waals surface area contributed by atoms with Gasteiger partial charge in [-0.3, -0.25) is 0 Å². The molecule has 0 heterocycles. The molecule has 0 radical (unpaired) electrons. The molecule has 0 bridgehead atoms. The molecule has 0 aromatic heterocycles. The van der Waals surface area contributed by atoms with E-state index in [1.807, 2.05) is 24.1 Å². The lowest BCUT2D eigenvalue weighted by molar-refractivity contribution is 0.0601. The highest BCUT2D eigenvalue weighted by molar-refractivity contribution is 5.95. The lowest BCUT2D eigenvalue weighted by atomic mass is 10.1. The number of carbonyl (C=O) groups excluding carboxylic acids is 1. The van der Waals surface area contributed by atoms with Crippen LogP contribution in [-0.2, 0) is 4.74 Å². The van der Waals surface area contributed by atoms with Crippen LogP contribution < -0.4 is 4.90 Å². The summed E-state index contributed by atoms with van der Waals surface area (Å²) >= 11 is 0. The largest absolute Gasteiger partial charge is 0.465 e. The van der Waals surface area contributed by atoms with Crippen molar-refractivity contribution in [1.29, 1.82) is 0 Å². The first-order valence-corrected chi connectivity index (χ1v) is 4.70. The number of likely N-dealkylation sites (N-methyl/N-ethyl adjacent to an activating group) is 1. The van der Waals surface area contributed by atoms with Crippen LogP contribution in [0.15, 0.2) is 24.3 Å². The third kappa shape index (κ3) is 2.70. The first kappa shape index (κ1) is 11.5. The van der Waals surface area contributed by atoms with Crippen LogP contribution in [0.5, 0.6) is 0 Å². The maximum Gasteiger partial charge on any atom is 0.339 e. The fourth-order valence-electron chi connectivity index (χ4n) is 1.36. The quantitative estimate of drug-likeness (QED) is 0.748. The average Bonchev–Trinajstić information content (AvgIpc) is 2.28. The number of anilines is 1. The minimum Gasteiger partial charge on any atom is -0.465 e. The first-order valence-electron chi connectivity index (χ1n) is 4.70. The molecule has 0 aliphatic rings. The summed E-state index contributed by atoms with van der Waals surface area (Å²) in [4.78, 5) is 13.2. The molecule has 15 heavy (non-hydrogen) atoms. The van der Waals surface area contributed by atoms with Crippen LogP contribution in [0.1, 0.15) is 10.4 Å². The Bertz CT molecular complexity index is 338. The molecule has 1 aromatic rings. The summed E-state index contributed by atoms with van der Waals surface area (Å²) in [5, 5.41) is 8.83. The number of carbonyl (C=O) groups is 1. The van der Waals surface area contributed by atoms with E-state index in [4.69, 9.17) is 5.11 Å². The third-order valence-electron chi connectivity index (χ3n) is 2.16. The van der Waals surface area contributed by atoms with Crippen LogP contribution in [0, 0.1) is 0 Å². The van der Waals surface area contributed by atoms with E-state index >= 15 is 0 Å². The highest BCUT2D eigenvalue weighted by Crippen LogP contribution is 2.19. The summed E-state index contributed by atoms with van der Waals surface area (Å²) in [6.45, 7) is 0.528. The molecule has 4 heteroatoms. The smallest absolute Gasteiger partial charge is 0.339 e. The van der Waals surface area contributed by atoms with Crippen molar-refractivity contribution in [1.82, 2.24) is 0 Å². The maximum absolute atomic E-state index is 11.4. The molecule has 82 valence electrons. The van der Waals surface area contributed by atoms with Gasteiger partial charge in [0.1, 0.15) is 0 Å². The van der Waals surface area contributed by atoms with E-state index < -0.39 is 0 Å². The Morgan fingerprint density at radius 2 is 2.13 bits per heavy atom. The van der Waals surface area contributed by atoms with Gasteiger partial charge in [0, 0.05) is 13.6 Å². The van der Waals surface area contributed by atoms with Gasteiger partial charge in [-0.15, -0.1) is 0 Å². The lowest BCUT2D eigenvalue weighted by Crippen LogP contribution is -2.23. The van der Waals surface area contributed by atoms with Crippen LogP contribution in [0.4, 0.5) is 5.69 Å². The van der Waals surface area contributed by atoms with Crippen molar-refractivity contribution in [2.75, 3.05) is 32.2 Å². The van der Waals surface area contributed by atoms with E-state index in [0.717, 1.165) is 5.69 Å². The van der Waals surface area contributed by atoms with Crippen molar-refractivity contribution in [3.63, 3.8) is 0 Å². The summed E-state index contributed by atoms with van der Waals surface area (Å²) in [5.74, 6) is -0.365. The molecule has 4 nitrogen and oxygen atoms in total. The molecule has 1 aromatic carbocycles. The van der Waals surface area contributed by atoms with Crippen molar-refractivity contribution in [3.8, 4) is 0 Å². The minimum atomic E-state index is -0.365. The van der Waals surface area contributed by atoms with Gasteiger partial charge in [-0.05, 0) is 12.1 Å². The van der Waals surface area contributed by atoms with Gasteiger partial charge in [-0.1, -0.05) is 12.1 Å². The molecule has 1 N–H and O–H groups in total. The predicted molar refractivity (Wildman–Crippen MR) is 58.1 cm³/mol. The standard InChI is InChI=1S/C11H15NO3/c1-12(7-8-13)10-6-4-3-5-9(10)11(14)15-2/h3-6,13H,7-8H2,1-2H3. The number of rotatable bonds is 4. The zero-order chi connectivity index (χ0) is 11.3. The minimum absolute atomic E-state index is 0.0476. The Hall–Kier alpha value is -1.55. The van der Waals surface area contributed by atoms with Crippen molar-refractivity contribution in [2.24, 2.45) is 0 Å². The third-order valence-corrected chi connectivity index (χ3v) is 2.16. The number of aliphatic hydroxyl groups excluding tert-OH is 1. The van der Waals surface area contributed by atoms with Crippen LogP contribution in [0.2, 0.25) is 0 Å². The Morgan fingerprint density at radius 1 is 1.47 bits per heavy atom. The first-order chi connectivity index (χ1) is 7.20. The number of benzene rings is 1. The number of nitrogens with zero attached hydrogens (tertiary/aromatic N) is 1. The second-order valence-corrected chi connectivity index (χ2v) is 3.15. The second kappa shape index (κ2) is 5.36. The van der Waals surface area contributed by atoms with Gasteiger partial charge in [-0.25, -0.2) is 4.79 Å². The predicted octanol–water partition coefficient (Wildman–Crippen LogP) is 0.902. The van der Waals surface area contributed by atoms with Gasteiger partial charge >= 0.3 is 5.97 Å². The van der Waals surface area contributed by atoms with Gasteiger partial charge in [0.15, 0.2) is 0 Å². The van der Waals surface area contributed by atoms with Crippen molar-refractivity contribution in [3.05, 3.63) is 29.8 Å². The zero-order valence-corrected chi connectivity index (χ0v) is 8.93. The molecule has 0 atom stereocenters. The SMILES string of the molecule is COC(=O)c1ccccc1N(C)CCO. The summed E-state index contributed by atoms with van der Waals surface area (Å²) in [6.07, 6.45) is 0. The molecule has 0 aliphatic carbocycles. The molecule has 0 fully saturated rings. The number of para-hydroxylation sites is 1. The molecule has 0 saturated heterocycles. The molecule has 1 rings (SSSR count). The van der Waals surface area contributed by atoms with Gasteiger partial charge in [0.25, 0.3) is 0 Å². The van der Waals surface area contributed by atoms with Crippen molar-refractivity contribution in [2.45, 2.75) is 0 Å². The Labute approximate surface area is 89.1 Å². The highest BCUT2D eigenvalue weighted by Gasteiger charge is 2.13. The Kier molecular flexibility index (Phi) is 4.12. The van der Waals surface area contributed by atoms with Crippen LogP contribution in [-0.4, -0.2) is 38.4 Å². The van der Waals surface area contributed by atoms with Crippen LogP contribution >= 0.6 is 0 Å². The number of methoxy groups -OCH3 is 1. The Morgan fingerprint density at radius 3 is 2.73 bits per heavy atom. The lowest BCUT2D eigenvalue weighted by Gasteiger charge is -2.20. The summed E-state index contributed by atoms with van der Waals surface area (Å²) in [7, 11) is 3.17. The topological polar surface area (TPSA) is 49.8 Å². The van der Waals surface area contributed by atoms with Crippen molar-refractivity contribution >= 4 is 11.7 Å². The summed E-state index contributed by atoms with van der Waals surface area (Å²) in [6, 6.07) is 7.15. The fraction of sp³-hybridized carbons (Fsp3) is 0.364. The number of aliphatic hydroxyl groups is 1. The van der Waals surface area contributed by atoms with E-state index in [0.29, 0.717) is 12.1 Å². The number of ether oxygens (including phenoxy) is 1. The van der Waals surface area contributed by atoms with Gasteiger partial charge in [0.05, 0.1) is 25.0 Å². The van der Waals surface area contributed by atoms with Crippen LogP contribution in [0.3, 0.4) is 0 Å². The molecule has 0 amide bonds.